The van der Waals surface area contributed by atoms with E-state index in [1.807, 2.05) is 6.07 Å². The summed E-state index contributed by atoms with van der Waals surface area (Å²) in [7, 11) is 0. The predicted octanol–water partition coefficient (Wildman–Crippen LogP) is 6.15. The molecule has 3 heterocycles. The standard InChI is InChI=1S/C35H31ClF2N6O4/c1-19(45)27-17-43(30-11-10-21(12-26(27)30)22-14-39-35(40-15-22)41-20(2)46)18-32(47)44-16-23(37)13-31(44)34(48)42-29-9-5-7-25(33(29)38)24-6-3-4-8-28(24)36/h3-12,14-15,17,19,23,31,45H,13,16,18H2,1-2H3,(H,42,48)(H,39,40,41,46)/t19?,23-,31+/m1/s1. The highest BCUT2D eigenvalue weighted by molar-refractivity contribution is 6.33. The minimum atomic E-state index is -1.44. The van der Waals surface area contributed by atoms with Gasteiger partial charge in [-0.25, -0.2) is 18.7 Å². The van der Waals surface area contributed by atoms with Crippen LogP contribution in [0.15, 0.2) is 79.3 Å². The van der Waals surface area contributed by atoms with Crippen LogP contribution >= 0.6 is 11.6 Å². The molecule has 13 heteroatoms. The van der Waals surface area contributed by atoms with E-state index < -0.39 is 35.9 Å². The van der Waals surface area contributed by atoms with Crippen LogP contribution in [0, 0.1) is 5.82 Å². The second-order valence-corrected chi connectivity index (χ2v) is 12.0. The van der Waals surface area contributed by atoms with Crippen molar-refractivity contribution in [1.82, 2.24) is 19.4 Å². The summed E-state index contributed by atoms with van der Waals surface area (Å²) in [5.41, 5.74) is 3.12. The molecule has 0 spiro atoms. The number of amides is 3. The molecule has 1 aliphatic rings. The Hall–Kier alpha value is -5.20. The maximum absolute atomic E-state index is 15.5. The van der Waals surface area contributed by atoms with Gasteiger partial charge in [-0.3, -0.25) is 19.7 Å². The van der Waals surface area contributed by atoms with Crippen molar-refractivity contribution in [2.75, 3.05) is 17.2 Å². The molecule has 48 heavy (non-hydrogen) atoms. The van der Waals surface area contributed by atoms with E-state index in [1.165, 1.54) is 17.9 Å². The monoisotopic (exact) mass is 672 g/mol. The Bertz CT molecular complexity index is 2030. The quantitative estimate of drug-likeness (QED) is 0.181. The van der Waals surface area contributed by atoms with Gasteiger partial charge in [0.05, 0.1) is 18.3 Å². The van der Waals surface area contributed by atoms with Gasteiger partial charge in [0, 0.05) is 70.1 Å². The molecule has 3 atom stereocenters. The molecule has 1 aliphatic heterocycles. The van der Waals surface area contributed by atoms with Crippen LogP contribution in [0.1, 0.15) is 31.9 Å². The molecule has 0 radical (unpaired) electrons. The first-order chi connectivity index (χ1) is 23.0. The summed E-state index contributed by atoms with van der Waals surface area (Å²) in [5, 5.41) is 16.6. The van der Waals surface area contributed by atoms with Gasteiger partial charge in [0.2, 0.25) is 23.7 Å². The number of nitrogens with one attached hydrogen (secondary N) is 2. The summed E-state index contributed by atoms with van der Waals surface area (Å²) in [6.45, 7) is 2.44. The van der Waals surface area contributed by atoms with E-state index in [0.717, 1.165) is 5.56 Å². The number of carbonyl (C=O) groups excluding carboxylic acids is 3. The van der Waals surface area contributed by atoms with E-state index in [-0.39, 0.29) is 42.6 Å². The van der Waals surface area contributed by atoms with Crippen molar-refractivity contribution in [2.45, 2.75) is 45.1 Å². The molecule has 3 amide bonds. The topological polar surface area (TPSA) is 129 Å². The van der Waals surface area contributed by atoms with E-state index in [1.54, 1.807) is 78.6 Å². The second kappa shape index (κ2) is 13.5. The van der Waals surface area contributed by atoms with Crippen molar-refractivity contribution < 1.29 is 28.3 Å². The predicted molar refractivity (Wildman–Crippen MR) is 178 cm³/mol. The number of nitrogens with zero attached hydrogens (tertiary/aromatic N) is 4. The summed E-state index contributed by atoms with van der Waals surface area (Å²) >= 11 is 6.27. The number of aliphatic hydroxyl groups is 1. The molecule has 5 aromatic rings. The molecule has 246 valence electrons. The second-order valence-electron chi connectivity index (χ2n) is 11.6. The number of hydrogen-bond donors (Lipinski definition) is 3. The Morgan fingerprint density at radius 1 is 1.02 bits per heavy atom. The third-order valence-electron chi connectivity index (χ3n) is 8.23. The van der Waals surface area contributed by atoms with Crippen LogP contribution in [0.3, 0.4) is 0 Å². The van der Waals surface area contributed by atoms with Gasteiger partial charge in [0.25, 0.3) is 0 Å². The lowest BCUT2D eigenvalue weighted by Gasteiger charge is -2.24. The van der Waals surface area contributed by atoms with E-state index >= 15 is 4.39 Å². The van der Waals surface area contributed by atoms with Gasteiger partial charge in [-0.15, -0.1) is 0 Å². The molecule has 3 N–H and O–H groups in total. The van der Waals surface area contributed by atoms with Gasteiger partial charge in [0.15, 0.2) is 5.82 Å². The van der Waals surface area contributed by atoms with Crippen molar-refractivity contribution >= 4 is 51.9 Å². The normalized spacial score (nSPS) is 16.6. The van der Waals surface area contributed by atoms with Gasteiger partial charge >= 0.3 is 0 Å². The molecule has 2 aromatic heterocycles. The van der Waals surface area contributed by atoms with Crippen LogP contribution in [0.25, 0.3) is 33.2 Å². The number of hydrogen-bond acceptors (Lipinski definition) is 6. The third-order valence-corrected chi connectivity index (χ3v) is 8.56. The van der Waals surface area contributed by atoms with Crippen LogP contribution < -0.4 is 10.6 Å². The highest BCUT2D eigenvalue weighted by Crippen LogP contribution is 2.34. The number of fused-ring (bicyclic) bond motifs is 1. The minimum Gasteiger partial charge on any atom is -0.389 e. The van der Waals surface area contributed by atoms with Crippen molar-refractivity contribution in [3.8, 4) is 22.3 Å². The molecule has 0 saturated carbocycles. The average molecular weight is 673 g/mol. The number of likely N-dealkylation sites (tertiary alicyclic amines) is 1. The Kier molecular flexibility index (Phi) is 9.20. The largest absolute Gasteiger partial charge is 0.389 e. The van der Waals surface area contributed by atoms with Crippen molar-refractivity contribution in [3.05, 3.63) is 95.7 Å². The number of anilines is 2. The fourth-order valence-corrected chi connectivity index (χ4v) is 6.18. The van der Waals surface area contributed by atoms with E-state index in [9.17, 15) is 23.9 Å². The molecular formula is C35H31ClF2N6O4. The van der Waals surface area contributed by atoms with Crippen LogP contribution in [-0.4, -0.2) is 61.0 Å². The lowest BCUT2D eigenvalue weighted by molar-refractivity contribution is -0.137. The first-order valence-corrected chi connectivity index (χ1v) is 15.6. The molecule has 1 saturated heterocycles. The van der Waals surface area contributed by atoms with Crippen LogP contribution in [-0.2, 0) is 20.9 Å². The summed E-state index contributed by atoms with van der Waals surface area (Å²) in [6.07, 6.45) is 2.22. The lowest BCUT2D eigenvalue weighted by atomic mass is 10.0. The molecule has 0 bridgehead atoms. The highest BCUT2D eigenvalue weighted by Gasteiger charge is 2.40. The maximum atomic E-state index is 15.5. The molecular weight excluding hydrogens is 642 g/mol. The first kappa shape index (κ1) is 32.7. The summed E-state index contributed by atoms with van der Waals surface area (Å²) in [5.74, 6) is -2.05. The number of aliphatic hydroxyl groups excluding tert-OH is 1. The fraction of sp³-hybridized carbons (Fsp3) is 0.229. The Balaban J connectivity index is 1.23. The van der Waals surface area contributed by atoms with E-state index in [0.29, 0.717) is 32.6 Å². The Morgan fingerprint density at radius 3 is 2.46 bits per heavy atom. The van der Waals surface area contributed by atoms with Gasteiger partial charge < -0.3 is 19.9 Å². The number of benzene rings is 3. The Morgan fingerprint density at radius 2 is 1.75 bits per heavy atom. The van der Waals surface area contributed by atoms with Crippen LogP contribution in [0.2, 0.25) is 5.02 Å². The maximum Gasteiger partial charge on any atom is 0.247 e. The zero-order valence-electron chi connectivity index (χ0n) is 26.0. The van der Waals surface area contributed by atoms with Gasteiger partial charge in [-0.1, -0.05) is 48.0 Å². The molecule has 3 aromatic carbocycles. The number of carbonyl (C=O) groups is 3. The summed E-state index contributed by atoms with van der Waals surface area (Å²) in [6, 6.07) is 15.5. The minimum absolute atomic E-state index is 0.115. The van der Waals surface area contributed by atoms with E-state index in [4.69, 9.17) is 11.6 Å². The third kappa shape index (κ3) is 6.62. The van der Waals surface area contributed by atoms with Gasteiger partial charge in [-0.2, -0.15) is 0 Å². The lowest BCUT2D eigenvalue weighted by Crippen LogP contribution is -2.44. The average Bonchev–Trinajstić information content (AvgIpc) is 3.63. The molecule has 10 nitrogen and oxygen atoms in total. The van der Waals surface area contributed by atoms with Crippen molar-refractivity contribution in [2.24, 2.45) is 0 Å². The number of halogens is 3. The number of rotatable bonds is 8. The molecule has 0 aliphatic carbocycles. The summed E-state index contributed by atoms with van der Waals surface area (Å²) in [4.78, 5) is 47.9. The van der Waals surface area contributed by atoms with Crippen LogP contribution in [0.5, 0.6) is 0 Å². The zero-order valence-corrected chi connectivity index (χ0v) is 26.7. The van der Waals surface area contributed by atoms with Crippen LogP contribution in [0.4, 0.5) is 20.4 Å². The number of alkyl halides is 1. The van der Waals surface area contributed by atoms with Gasteiger partial charge in [-0.05, 0) is 36.8 Å². The summed E-state index contributed by atoms with van der Waals surface area (Å²) < 4.78 is 31.9. The number of aromatic nitrogens is 3. The Labute approximate surface area is 279 Å². The molecule has 1 unspecified atom stereocenters. The SMILES string of the molecule is CC(=O)Nc1ncc(-c2ccc3c(c2)c(C(C)O)cn3CC(=O)N2C[C@H](F)C[C@H]2C(=O)Nc2cccc(-c3ccccc3Cl)c2F)cn1. The van der Waals surface area contributed by atoms with Crippen molar-refractivity contribution in [3.63, 3.8) is 0 Å². The zero-order chi connectivity index (χ0) is 34.1. The smallest absolute Gasteiger partial charge is 0.247 e. The van der Waals surface area contributed by atoms with E-state index in [2.05, 4.69) is 20.6 Å². The van der Waals surface area contributed by atoms with Crippen molar-refractivity contribution in [1.29, 1.82) is 0 Å². The van der Waals surface area contributed by atoms with Gasteiger partial charge in [0.1, 0.15) is 18.8 Å². The first-order valence-electron chi connectivity index (χ1n) is 15.2. The molecule has 6 rings (SSSR count). The highest BCUT2D eigenvalue weighted by atomic mass is 35.5. The fourth-order valence-electron chi connectivity index (χ4n) is 5.94. The molecule has 1 fully saturated rings.